The average molecular weight is 344 g/mol. The Morgan fingerprint density at radius 1 is 0.958 bits per heavy atom. The smallest absolute Gasteiger partial charge is 0.218 e. The van der Waals surface area contributed by atoms with Crippen LogP contribution < -0.4 is 21.6 Å². The first kappa shape index (κ1) is 15.9. The SMILES string of the molecule is CS(=O)(=O)c1ccc(NN=c2c(=O)c3ccc(O)cc3c2=O)cc1. The van der Waals surface area contributed by atoms with E-state index >= 15 is 0 Å². The molecule has 2 N–H and O–H groups in total. The van der Waals surface area contributed by atoms with Gasteiger partial charge in [-0.1, -0.05) is 0 Å². The second-order valence-electron chi connectivity index (χ2n) is 5.26. The number of aromatic hydroxyl groups is 1. The quantitative estimate of drug-likeness (QED) is 0.668. The fourth-order valence-corrected chi connectivity index (χ4v) is 2.91. The molecular formula is C16H12N2O5S. The minimum Gasteiger partial charge on any atom is -0.508 e. The molecule has 122 valence electrons. The first-order chi connectivity index (χ1) is 11.3. The van der Waals surface area contributed by atoms with Crippen LogP contribution in [-0.4, -0.2) is 19.8 Å². The highest BCUT2D eigenvalue weighted by atomic mass is 32.2. The van der Waals surface area contributed by atoms with Crippen molar-refractivity contribution < 1.29 is 13.5 Å². The summed E-state index contributed by atoms with van der Waals surface area (Å²) in [5.41, 5.74) is 1.88. The minimum absolute atomic E-state index is 0.105. The molecular weight excluding hydrogens is 332 g/mol. The number of hydrogen-bond donors (Lipinski definition) is 2. The monoisotopic (exact) mass is 344 g/mol. The van der Waals surface area contributed by atoms with Crippen LogP contribution in [0.2, 0.25) is 0 Å². The Labute approximate surface area is 136 Å². The van der Waals surface area contributed by atoms with Gasteiger partial charge in [0.15, 0.2) is 15.2 Å². The Bertz CT molecular complexity index is 1190. The summed E-state index contributed by atoms with van der Waals surface area (Å²) in [6, 6.07) is 9.65. The largest absolute Gasteiger partial charge is 0.508 e. The molecule has 0 aliphatic rings. The molecule has 0 spiro atoms. The molecule has 0 radical (unpaired) electrons. The van der Waals surface area contributed by atoms with Crippen molar-refractivity contribution in [3.05, 3.63) is 68.3 Å². The molecule has 3 rings (SSSR count). The lowest BCUT2D eigenvalue weighted by atomic mass is 10.2. The van der Waals surface area contributed by atoms with E-state index in [2.05, 4.69) is 10.5 Å². The summed E-state index contributed by atoms with van der Waals surface area (Å²) in [6.07, 6.45) is 1.10. The van der Waals surface area contributed by atoms with E-state index in [9.17, 15) is 23.1 Å². The second-order valence-corrected chi connectivity index (χ2v) is 7.27. The molecule has 0 bridgehead atoms. The standard InChI is InChI=1S/C16H12N2O5S/c1-24(22,23)11-5-2-9(3-6-11)17-18-14-15(20)12-7-4-10(19)8-13(12)16(14)21/h2-8,17,19H,1H3. The van der Waals surface area contributed by atoms with Gasteiger partial charge in [0.25, 0.3) is 0 Å². The third-order valence-corrected chi connectivity index (χ3v) is 4.63. The minimum atomic E-state index is -3.30. The average Bonchev–Trinajstić information content (AvgIpc) is 2.76. The van der Waals surface area contributed by atoms with Crippen molar-refractivity contribution in [1.29, 1.82) is 0 Å². The van der Waals surface area contributed by atoms with Crippen LogP contribution in [0.1, 0.15) is 0 Å². The summed E-state index contributed by atoms with van der Waals surface area (Å²) in [6.45, 7) is 0. The van der Waals surface area contributed by atoms with Crippen LogP contribution >= 0.6 is 0 Å². The van der Waals surface area contributed by atoms with E-state index in [1.807, 2.05) is 0 Å². The Balaban J connectivity index is 2.03. The van der Waals surface area contributed by atoms with E-state index < -0.39 is 20.7 Å². The van der Waals surface area contributed by atoms with Crippen molar-refractivity contribution in [1.82, 2.24) is 0 Å². The third-order valence-electron chi connectivity index (χ3n) is 3.50. The van der Waals surface area contributed by atoms with Crippen LogP contribution in [0, 0.1) is 0 Å². The number of nitrogens with zero attached hydrogens (tertiary/aromatic N) is 1. The normalized spacial score (nSPS) is 12.6. The molecule has 0 unspecified atom stereocenters. The van der Waals surface area contributed by atoms with Crippen molar-refractivity contribution in [3.63, 3.8) is 0 Å². The third kappa shape index (κ3) is 2.79. The van der Waals surface area contributed by atoms with Gasteiger partial charge < -0.3 is 5.11 Å². The number of phenolic OH excluding ortho intramolecular Hbond substituents is 1. The van der Waals surface area contributed by atoms with Crippen molar-refractivity contribution in [3.8, 4) is 5.75 Å². The number of nitrogens with one attached hydrogen (secondary N) is 1. The maximum Gasteiger partial charge on any atom is 0.218 e. The molecule has 3 aromatic rings. The molecule has 0 amide bonds. The summed E-state index contributed by atoms with van der Waals surface area (Å²) in [5.74, 6) is -0.111. The van der Waals surface area contributed by atoms with Gasteiger partial charge >= 0.3 is 0 Å². The van der Waals surface area contributed by atoms with Crippen LogP contribution in [0.4, 0.5) is 5.69 Å². The van der Waals surface area contributed by atoms with Gasteiger partial charge in [-0.15, -0.1) is 0 Å². The van der Waals surface area contributed by atoms with Crippen molar-refractivity contribution >= 4 is 26.3 Å². The predicted octanol–water partition coefficient (Wildman–Crippen LogP) is 0.473. The van der Waals surface area contributed by atoms with Gasteiger partial charge in [-0.2, -0.15) is 5.10 Å². The van der Waals surface area contributed by atoms with Crippen molar-refractivity contribution in [2.75, 3.05) is 11.7 Å². The van der Waals surface area contributed by atoms with E-state index in [-0.39, 0.29) is 26.8 Å². The van der Waals surface area contributed by atoms with Gasteiger partial charge in [-0.3, -0.25) is 15.0 Å². The zero-order valence-corrected chi connectivity index (χ0v) is 13.3. The number of benzene rings is 2. The molecule has 24 heavy (non-hydrogen) atoms. The molecule has 0 aliphatic heterocycles. The molecule has 3 aromatic carbocycles. The number of fused-ring (bicyclic) bond motifs is 1. The van der Waals surface area contributed by atoms with Crippen LogP contribution in [-0.2, 0) is 9.84 Å². The van der Waals surface area contributed by atoms with E-state index in [1.54, 1.807) is 0 Å². The van der Waals surface area contributed by atoms with Gasteiger partial charge in [0, 0.05) is 17.0 Å². The zero-order valence-electron chi connectivity index (χ0n) is 12.5. The van der Waals surface area contributed by atoms with Crippen LogP contribution in [0.5, 0.6) is 5.75 Å². The summed E-state index contributed by atoms with van der Waals surface area (Å²) in [5, 5.41) is 13.2. The first-order valence-electron chi connectivity index (χ1n) is 6.83. The lowest BCUT2D eigenvalue weighted by Gasteiger charge is -2.01. The molecule has 0 saturated carbocycles. The predicted molar refractivity (Wildman–Crippen MR) is 89.3 cm³/mol. The van der Waals surface area contributed by atoms with Gasteiger partial charge in [0.05, 0.1) is 10.6 Å². The summed E-state index contributed by atoms with van der Waals surface area (Å²) < 4.78 is 22.8. The lowest BCUT2D eigenvalue weighted by Crippen LogP contribution is -2.32. The molecule has 8 heteroatoms. The molecule has 0 saturated heterocycles. The van der Waals surface area contributed by atoms with Crippen LogP contribution in [0.3, 0.4) is 0 Å². The van der Waals surface area contributed by atoms with Gasteiger partial charge in [-0.25, -0.2) is 8.42 Å². The molecule has 0 heterocycles. The summed E-state index contributed by atoms with van der Waals surface area (Å²) in [7, 11) is -3.30. The number of sulfone groups is 1. The van der Waals surface area contributed by atoms with E-state index in [0.29, 0.717) is 5.69 Å². The van der Waals surface area contributed by atoms with Crippen molar-refractivity contribution in [2.45, 2.75) is 4.90 Å². The Kier molecular flexibility index (Phi) is 3.69. The van der Waals surface area contributed by atoms with Gasteiger partial charge in [0.1, 0.15) is 5.75 Å². The molecule has 0 aliphatic carbocycles. The Morgan fingerprint density at radius 3 is 2.21 bits per heavy atom. The van der Waals surface area contributed by atoms with E-state index in [1.165, 1.54) is 42.5 Å². The van der Waals surface area contributed by atoms with Crippen LogP contribution in [0.25, 0.3) is 10.8 Å². The Morgan fingerprint density at radius 2 is 1.58 bits per heavy atom. The molecule has 7 nitrogen and oxygen atoms in total. The number of phenols is 1. The lowest BCUT2D eigenvalue weighted by molar-refractivity contribution is 0.476. The number of rotatable bonds is 3. The van der Waals surface area contributed by atoms with E-state index in [0.717, 1.165) is 6.26 Å². The maximum absolute atomic E-state index is 12.2. The molecule has 0 atom stereocenters. The highest BCUT2D eigenvalue weighted by Gasteiger charge is 2.11. The topological polar surface area (TPSA) is 113 Å². The summed E-state index contributed by atoms with van der Waals surface area (Å²) in [4.78, 5) is 24.5. The first-order valence-corrected chi connectivity index (χ1v) is 8.73. The highest BCUT2D eigenvalue weighted by molar-refractivity contribution is 7.90. The second kappa shape index (κ2) is 5.57. The zero-order chi connectivity index (χ0) is 17.5. The summed E-state index contributed by atoms with van der Waals surface area (Å²) >= 11 is 0. The molecule has 0 aromatic heterocycles. The fraction of sp³-hybridized carbons (Fsp3) is 0.0625. The Hall–Kier alpha value is -3.00. The fourth-order valence-electron chi connectivity index (χ4n) is 2.27. The number of anilines is 1. The maximum atomic E-state index is 12.2. The molecule has 0 fully saturated rings. The van der Waals surface area contributed by atoms with Gasteiger partial charge in [0.2, 0.25) is 10.9 Å². The van der Waals surface area contributed by atoms with Gasteiger partial charge in [-0.05, 0) is 42.5 Å². The highest BCUT2D eigenvalue weighted by Crippen LogP contribution is 2.14. The number of hydrogen-bond acceptors (Lipinski definition) is 7. The van der Waals surface area contributed by atoms with Crippen LogP contribution in [0.15, 0.2) is 62.1 Å². The van der Waals surface area contributed by atoms with Crippen molar-refractivity contribution in [2.24, 2.45) is 5.10 Å². The van der Waals surface area contributed by atoms with E-state index in [4.69, 9.17) is 0 Å².